The molecular weight excluding hydrogens is 358 g/mol. The van der Waals surface area contributed by atoms with Gasteiger partial charge in [0.2, 0.25) is 0 Å². The van der Waals surface area contributed by atoms with Crippen LogP contribution in [0.5, 0.6) is 0 Å². The van der Waals surface area contributed by atoms with Gasteiger partial charge in [0.1, 0.15) is 0 Å². The molecule has 1 aliphatic heterocycles. The average Bonchev–Trinajstić information content (AvgIpc) is 2.63. The summed E-state index contributed by atoms with van der Waals surface area (Å²) in [7, 11) is -0.201. The highest BCUT2D eigenvalue weighted by Gasteiger charge is 2.31. The molecule has 0 bridgehead atoms. The Morgan fingerprint density at radius 2 is 1.93 bits per heavy atom. The molecule has 0 spiro atoms. The summed E-state index contributed by atoms with van der Waals surface area (Å²) in [5.41, 5.74) is 5.84. The van der Waals surface area contributed by atoms with Gasteiger partial charge < -0.3 is 0 Å². The molecule has 0 amide bonds. The van der Waals surface area contributed by atoms with Gasteiger partial charge in [0.15, 0.2) is 0 Å². The average molecular weight is 388 g/mol. The van der Waals surface area contributed by atoms with Crippen molar-refractivity contribution in [3.05, 3.63) is 64.5 Å². The lowest BCUT2D eigenvalue weighted by molar-refractivity contribution is 0.296. The van der Waals surface area contributed by atoms with Crippen LogP contribution in [0.15, 0.2) is 36.4 Å². The van der Waals surface area contributed by atoms with Gasteiger partial charge in [-0.2, -0.15) is 17.0 Å². The molecule has 1 aliphatic rings. The quantitative estimate of drug-likeness (QED) is 0.791. The van der Waals surface area contributed by atoms with Gasteiger partial charge in [-0.15, -0.1) is 0 Å². The van der Waals surface area contributed by atoms with E-state index in [1.807, 2.05) is 6.92 Å². The first-order valence-corrected chi connectivity index (χ1v) is 10.9. The fourth-order valence-electron chi connectivity index (χ4n) is 3.73. The number of piperidine rings is 1. The van der Waals surface area contributed by atoms with Gasteiger partial charge >= 0.3 is 0 Å². The summed E-state index contributed by atoms with van der Waals surface area (Å²) in [4.78, 5) is 4.75. The Hall–Kier alpha value is -1.76. The zero-order valence-electron chi connectivity index (χ0n) is 16.6. The maximum absolute atomic E-state index is 12.5. The monoisotopic (exact) mass is 387 g/mol. The van der Waals surface area contributed by atoms with Crippen LogP contribution < -0.4 is 0 Å². The van der Waals surface area contributed by atoms with Crippen molar-refractivity contribution >= 4 is 10.2 Å². The third kappa shape index (κ3) is 4.57. The van der Waals surface area contributed by atoms with Crippen molar-refractivity contribution in [2.45, 2.75) is 39.0 Å². The summed E-state index contributed by atoms with van der Waals surface area (Å²) < 4.78 is 27.9. The van der Waals surface area contributed by atoms with E-state index in [1.165, 1.54) is 21.0 Å². The minimum absolute atomic E-state index is 0.143. The maximum atomic E-state index is 12.5. The Morgan fingerprint density at radius 3 is 2.63 bits per heavy atom. The number of nitrogens with zero attached hydrogens (tertiary/aromatic N) is 3. The predicted octanol–water partition coefficient (Wildman–Crippen LogP) is 3.28. The van der Waals surface area contributed by atoms with E-state index in [0.717, 1.165) is 30.7 Å². The van der Waals surface area contributed by atoms with E-state index >= 15 is 0 Å². The molecule has 1 fully saturated rings. The van der Waals surface area contributed by atoms with Gasteiger partial charge in [0.05, 0.1) is 0 Å². The third-order valence-electron chi connectivity index (χ3n) is 5.28. The van der Waals surface area contributed by atoms with Crippen LogP contribution in [-0.2, 0) is 16.6 Å². The van der Waals surface area contributed by atoms with Gasteiger partial charge in [0.25, 0.3) is 10.2 Å². The van der Waals surface area contributed by atoms with E-state index in [4.69, 9.17) is 4.98 Å². The number of benzene rings is 1. The fraction of sp³-hybridized carbons (Fsp3) is 0.476. The first-order chi connectivity index (χ1) is 12.8. The van der Waals surface area contributed by atoms with Crippen LogP contribution in [-0.4, -0.2) is 49.2 Å². The minimum atomic E-state index is -3.38. The predicted molar refractivity (Wildman–Crippen MR) is 109 cm³/mol. The maximum Gasteiger partial charge on any atom is 0.281 e. The van der Waals surface area contributed by atoms with Crippen LogP contribution >= 0.6 is 0 Å². The first-order valence-electron chi connectivity index (χ1n) is 9.47. The Kier molecular flexibility index (Phi) is 5.99. The molecule has 1 atom stereocenters. The highest BCUT2D eigenvalue weighted by molar-refractivity contribution is 7.86. The zero-order valence-corrected chi connectivity index (χ0v) is 17.5. The lowest BCUT2D eigenvalue weighted by Gasteiger charge is -2.33. The first kappa shape index (κ1) is 20.0. The van der Waals surface area contributed by atoms with Crippen LogP contribution in [0.2, 0.25) is 0 Å². The van der Waals surface area contributed by atoms with E-state index in [9.17, 15) is 8.42 Å². The second-order valence-corrected chi connectivity index (χ2v) is 9.77. The third-order valence-corrected chi connectivity index (χ3v) is 7.19. The van der Waals surface area contributed by atoms with Crippen molar-refractivity contribution in [1.82, 2.24) is 13.6 Å². The minimum Gasteiger partial charge on any atom is -0.258 e. The van der Waals surface area contributed by atoms with Crippen LogP contribution in [0, 0.1) is 13.8 Å². The summed E-state index contributed by atoms with van der Waals surface area (Å²) in [6, 6.07) is 12.7. The lowest BCUT2D eigenvalue weighted by Crippen LogP contribution is -2.45. The van der Waals surface area contributed by atoms with Crippen molar-refractivity contribution in [2.75, 3.05) is 27.2 Å². The molecule has 5 nitrogen and oxygen atoms in total. The van der Waals surface area contributed by atoms with E-state index in [2.05, 4.69) is 43.3 Å². The standard InChI is InChI=1S/C21H29N3O2S/c1-16-8-5-6-9-19(16)13-18-12-17(2)22-21(14-18)20-10-7-11-24(15-20)27(25,26)23(3)4/h5-6,8-9,12,14,20H,7,10-11,13,15H2,1-4H3/t20-/m0/s1. The SMILES string of the molecule is Cc1cc(Cc2ccccc2C)cc([C@H]2CCCN(S(=O)(=O)N(C)C)C2)n1. The number of aromatic nitrogens is 1. The lowest BCUT2D eigenvalue weighted by atomic mass is 9.93. The normalized spacial score (nSPS) is 18.8. The topological polar surface area (TPSA) is 53.5 Å². The molecule has 6 heteroatoms. The molecule has 0 unspecified atom stereocenters. The Balaban J connectivity index is 1.84. The van der Waals surface area contributed by atoms with Crippen molar-refractivity contribution in [2.24, 2.45) is 0 Å². The summed E-state index contributed by atoms with van der Waals surface area (Å²) in [5.74, 6) is 0.143. The van der Waals surface area contributed by atoms with Crippen molar-refractivity contribution < 1.29 is 8.42 Å². The van der Waals surface area contributed by atoms with E-state index in [1.54, 1.807) is 18.4 Å². The molecule has 0 N–H and O–H groups in total. The molecule has 1 aromatic carbocycles. The van der Waals surface area contributed by atoms with Gasteiger partial charge in [-0.1, -0.05) is 24.3 Å². The second-order valence-electron chi connectivity index (χ2n) is 7.63. The van der Waals surface area contributed by atoms with Crippen molar-refractivity contribution in [3.8, 4) is 0 Å². The van der Waals surface area contributed by atoms with Crippen molar-refractivity contribution in [1.29, 1.82) is 0 Å². The van der Waals surface area contributed by atoms with E-state index < -0.39 is 10.2 Å². The number of aryl methyl sites for hydroxylation is 2. The highest BCUT2D eigenvalue weighted by atomic mass is 32.2. The van der Waals surface area contributed by atoms with Crippen LogP contribution in [0.1, 0.15) is 46.8 Å². The molecule has 3 rings (SSSR count). The smallest absolute Gasteiger partial charge is 0.258 e. The summed E-state index contributed by atoms with van der Waals surface area (Å²) in [6.45, 7) is 5.23. The summed E-state index contributed by atoms with van der Waals surface area (Å²) in [5, 5.41) is 0. The molecule has 2 aromatic rings. The van der Waals surface area contributed by atoms with E-state index in [-0.39, 0.29) is 5.92 Å². The molecule has 0 aliphatic carbocycles. The van der Waals surface area contributed by atoms with E-state index in [0.29, 0.717) is 13.1 Å². The number of hydrogen-bond donors (Lipinski definition) is 0. The Morgan fingerprint density at radius 1 is 1.19 bits per heavy atom. The van der Waals surface area contributed by atoms with Crippen LogP contribution in [0.25, 0.3) is 0 Å². The second kappa shape index (κ2) is 8.09. The van der Waals surface area contributed by atoms with Gasteiger partial charge in [0, 0.05) is 44.5 Å². The van der Waals surface area contributed by atoms with Crippen LogP contribution in [0.4, 0.5) is 0 Å². The molecule has 0 radical (unpaired) electrons. The molecule has 1 saturated heterocycles. The number of pyridine rings is 1. The zero-order chi connectivity index (χ0) is 19.6. The molecule has 0 saturated carbocycles. The Bertz CT molecular complexity index is 909. The number of hydrogen-bond acceptors (Lipinski definition) is 3. The summed E-state index contributed by atoms with van der Waals surface area (Å²) >= 11 is 0. The Labute approximate surface area is 163 Å². The van der Waals surface area contributed by atoms with Crippen LogP contribution in [0.3, 0.4) is 0 Å². The number of rotatable bonds is 5. The van der Waals surface area contributed by atoms with Gasteiger partial charge in [-0.25, -0.2) is 0 Å². The molecule has 27 heavy (non-hydrogen) atoms. The molecular formula is C21H29N3O2S. The molecule has 1 aromatic heterocycles. The molecule has 2 heterocycles. The van der Waals surface area contributed by atoms with Crippen molar-refractivity contribution in [3.63, 3.8) is 0 Å². The molecule has 146 valence electrons. The van der Waals surface area contributed by atoms with Gasteiger partial charge in [-0.05, 0) is 61.9 Å². The largest absolute Gasteiger partial charge is 0.281 e. The highest BCUT2D eigenvalue weighted by Crippen LogP contribution is 2.29. The summed E-state index contributed by atoms with van der Waals surface area (Å²) in [6.07, 6.45) is 2.70. The fourth-order valence-corrected chi connectivity index (χ4v) is 4.92. The van der Waals surface area contributed by atoms with Gasteiger partial charge in [-0.3, -0.25) is 4.98 Å².